The highest BCUT2D eigenvalue weighted by Gasteiger charge is 2.44. The summed E-state index contributed by atoms with van der Waals surface area (Å²) in [4.78, 5) is 12.8. The third-order valence-corrected chi connectivity index (χ3v) is 8.94. The predicted octanol–water partition coefficient (Wildman–Crippen LogP) is 6.55. The van der Waals surface area contributed by atoms with Crippen LogP contribution in [-0.2, 0) is 14.3 Å². The maximum absolute atomic E-state index is 12.8. The summed E-state index contributed by atoms with van der Waals surface area (Å²) in [6.07, 6.45) is 27.6. The number of hydrogen-bond donors (Lipinski definition) is 6. The Kier molecular flexibility index (Phi) is 28.0. The summed E-state index contributed by atoms with van der Waals surface area (Å²) in [5, 5.41) is 53.8. The molecule has 0 aromatic rings. The topological polar surface area (TPSA) is 149 Å². The van der Waals surface area contributed by atoms with Gasteiger partial charge >= 0.3 is 0 Å². The number of carbonyl (C=O) groups excluding carboxylic acids is 1. The zero-order chi connectivity index (χ0) is 35.2. The van der Waals surface area contributed by atoms with E-state index in [1.165, 1.54) is 70.6 Å². The normalized spacial score (nSPS) is 23.0. The molecule has 0 spiro atoms. The lowest BCUT2D eigenvalue weighted by molar-refractivity contribution is -0.302. The minimum atomic E-state index is -1.57. The largest absolute Gasteiger partial charge is 0.394 e. The van der Waals surface area contributed by atoms with Crippen molar-refractivity contribution >= 4 is 5.91 Å². The number of aliphatic hydroxyl groups is 5. The molecule has 0 saturated carbocycles. The predicted molar refractivity (Wildman–Crippen MR) is 193 cm³/mol. The van der Waals surface area contributed by atoms with Crippen LogP contribution in [-0.4, -0.2) is 87.5 Å². The van der Waals surface area contributed by atoms with Gasteiger partial charge in [-0.3, -0.25) is 4.79 Å². The molecule has 1 saturated heterocycles. The molecule has 9 nitrogen and oxygen atoms in total. The number of hydrogen-bond acceptors (Lipinski definition) is 8. The van der Waals surface area contributed by atoms with Crippen LogP contribution in [0.15, 0.2) is 36.5 Å². The van der Waals surface area contributed by atoms with Crippen molar-refractivity contribution in [1.82, 2.24) is 5.32 Å². The zero-order valence-electron chi connectivity index (χ0n) is 30.2. The van der Waals surface area contributed by atoms with Gasteiger partial charge in [-0.2, -0.15) is 0 Å². The van der Waals surface area contributed by atoms with E-state index in [0.717, 1.165) is 57.8 Å². The van der Waals surface area contributed by atoms with Gasteiger partial charge < -0.3 is 40.3 Å². The van der Waals surface area contributed by atoms with Crippen LogP contribution in [0.4, 0.5) is 0 Å². The molecular weight excluding hydrogens is 610 g/mol. The van der Waals surface area contributed by atoms with E-state index in [4.69, 9.17) is 9.47 Å². The van der Waals surface area contributed by atoms with Crippen molar-refractivity contribution in [3.8, 4) is 0 Å². The number of allylic oxidation sites excluding steroid dienone is 5. The summed E-state index contributed by atoms with van der Waals surface area (Å²) in [5.74, 6) is -0.200. The third-order valence-electron chi connectivity index (χ3n) is 8.94. The summed E-state index contributed by atoms with van der Waals surface area (Å²) in [6, 6.07) is -0.821. The van der Waals surface area contributed by atoms with Gasteiger partial charge in [0, 0.05) is 6.42 Å². The van der Waals surface area contributed by atoms with Crippen LogP contribution in [0.1, 0.15) is 149 Å². The molecule has 0 aromatic carbocycles. The van der Waals surface area contributed by atoms with Crippen LogP contribution in [0.25, 0.3) is 0 Å². The van der Waals surface area contributed by atoms with Gasteiger partial charge in [0.25, 0.3) is 0 Å². The lowest BCUT2D eigenvalue weighted by atomic mass is 9.99. The third kappa shape index (κ3) is 21.5. The van der Waals surface area contributed by atoms with E-state index >= 15 is 0 Å². The molecular formula is C39H71NO8. The smallest absolute Gasteiger partial charge is 0.220 e. The van der Waals surface area contributed by atoms with E-state index in [1.807, 2.05) is 6.08 Å². The van der Waals surface area contributed by atoms with Gasteiger partial charge in [-0.05, 0) is 57.8 Å². The Morgan fingerprint density at radius 1 is 0.688 bits per heavy atom. The average Bonchev–Trinajstić information content (AvgIpc) is 3.08. The molecule has 0 radical (unpaired) electrons. The number of amides is 1. The Balaban J connectivity index is 2.50. The van der Waals surface area contributed by atoms with Crippen LogP contribution in [0, 0.1) is 0 Å². The van der Waals surface area contributed by atoms with Crippen LogP contribution in [0.3, 0.4) is 0 Å². The highest BCUT2D eigenvalue weighted by molar-refractivity contribution is 5.76. The first-order chi connectivity index (χ1) is 23.3. The van der Waals surface area contributed by atoms with Crippen LogP contribution < -0.4 is 5.32 Å². The van der Waals surface area contributed by atoms with E-state index in [-0.39, 0.29) is 12.5 Å². The highest BCUT2D eigenvalue weighted by Crippen LogP contribution is 2.22. The van der Waals surface area contributed by atoms with E-state index in [9.17, 15) is 30.3 Å². The van der Waals surface area contributed by atoms with Crippen molar-refractivity contribution in [3.05, 3.63) is 36.5 Å². The summed E-state index contributed by atoms with van der Waals surface area (Å²) < 4.78 is 11.1. The van der Waals surface area contributed by atoms with Gasteiger partial charge in [0.05, 0.1) is 25.4 Å². The van der Waals surface area contributed by atoms with E-state index < -0.39 is 49.5 Å². The van der Waals surface area contributed by atoms with Gasteiger partial charge in [-0.1, -0.05) is 121 Å². The Bertz CT molecular complexity index is 848. The van der Waals surface area contributed by atoms with Crippen molar-refractivity contribution in [2.45, 2.75) is 192 Å². The summed E-state index contributed by atoms with van der Waals surface area (Å²) >= 11 is 0. The first-order valence-electron chi connectivity index (χ1n) is 19.2. The summed E-state index contributed by atoms with van der Waals surface area (Å²) in [5.41, 5.74) is 0. The van der Waals surface area contributed by atoms with Gasteiger partial charge in [-0.15, -0.1) is 0 Å². The number of rotatable bonds is 30. The van der Waals surface area contributed by atoms with Gasteiger partial charge in [0.15, 0.2) is 6.29 Å². The monoisotopic (exact) mass is 682 g/mol. The average molecular weight is 682 g/mol. The Labute approximate surface area is 291 Å². The Morgan fingerprint density at radius 3 is 1.77 bits per heavy atom. The van der Waals surface area contributed by atoms with Crippen molar-refractivity contribution in [2.24, 2.45) is 0 Å². The molecule has 9 heteroatoms. The highest BCUT2D eigenvalue weighted by atomic mass is 16.7. The molecule has 48 heavy (non-hydrogen) atoms. The molecule has 0 aliphatic carbocycles. The molecule has 1 rings (SSSR count). The summed E-state index contributed by atoms with van der Waals surface area (Å²) in [6.45, 7) is 3.68. The standard InChI is InChI=1S/C39H71NO8/c1-3-5-7-9-11-13-15-17-19-21-23-25-27-29-35(43)40-32(31-47-39-38(46)37(45)36(44)34(30-41)48-39)33(42)28-26-24-22-20-18-16-14-12-10-8-6-4-2/h13,15,18,20,26,28,32-34,36-39,41-42,44-46H,3-12,14,16-17,19,21-25,27,29-31H2,1-2H3,(H,40,43)/b15-13+,20-18+,28-26+/t32-,33+,34-,36-,37?,38?,39-/m0/s1. The first-order valence-corrected chi connectivity index (χ1v) is 19.2. The second kappa shape index (κ2) is 30.3. The van der Waals surface area contributed by atoms with E-state index in [2.05, 4.69) is 43.5 Å². The van der Waals surface area contributed by atoms with E-state index in [0.29, 0.717) is 6.42 Å². The minimum absolute atomic E-state index is 0.200. The van der Waals surface area contributed by atoms with Crippen LogP contribution in [0.2, 0.25) is 0 Å². The molecule has 0 bridgehead atoms. The molecule has 1 fully saturated rings. The van der Waals surface area contributed by atoms with Crippen LogP contribution in [0.5, 0.6) is 0 Å². The first kappa shape index (κ1) is 44.4. The van der Waals surface area contributed by atoms with Crippen LogP contribution >= 0.6 is 0 Å². The lowest BCUT2D eigenvalue weighted by Gasteiger charge is -2.40. The molecule has 1 heterocycles. The maximum atomic E-state index is 12.8. The second-order valence-corrected chi connectivity index (χ2v) is 13.4. The molecule has 0 aromatic heterocycles. The van der Waals surface area contributed by atoms with Gasteiger partial charge in [-0.25, -0.2) is 0 Å². The molecule has 1 amide bonds. The molecule has 6 N–H and O–H groups in total. The SMILES string of the molecule is CCCCCC/C=C/CCCCCCCC(=O)N[C@@H](CO[C@H]1O[C@@H](CO)[C@H](O)C(O)C1O)[C@H](O)/C=C/CC/C=C/CCCCCCCC. The molecule has 1 aliphatic rings. The quantitative estimate of drug-likeness (QED) is 0.0370. The van der Waals surface area contributed by atoms with Crippen molar-refractivity contribution in [2.75, 3.05) is 13.2 Å². The molecule has 280 valence electrons. The van der Waals surface area contributed by atoms with Crippen molar-refractivity contribution in [3.63, 3.8) is 0 Å². The number of carbonyl (C=O) groups is 1. The van der Waals surface area contributed by atoms with Crippen molar-refractivity contribution in [1.29, 1.82) is 0 Å². The number of aliphatic hydroxyl groups excluding tert-OH is 5. The van der Waals surface area contributed by atoms with Gasteiger partial charge in [0.1, 0.15) is 24.4 Å². The maximum Gasteiger partial charge on any atom is 0.220 e. The molecule has 7 atom stereocenters. The van der Waals surface area contributed by atoms with Gasteiger partial charge in [0.2, 0.25) is 5.91 Å². The number of unbranched alkanes of at least 4 members (excludes halogenated alkanes) is 16. The number of nitrogens with one attached hydrogen (secondary N) is 1. The zero-order valence-corrected chi connectivity index (χ0v) is 30.2. The second-order valence-electron chi connectivity index (χ2n) is 13.4. The van der Waals surface area contributed by atoms with E-state index in [1.54, 1.807) is 6.08 Å². The molecule has 1 aliphatic heterocycles. The minimum Gasteiger partial charge on any atom is -0.394 e. The fourth-order valence-corrected chi connectivity index (χ4v) is 5.75. The fraction of sp³-hybridized carbons (Fsp3) is 0.821. The van der Waals surface area contributed by atoms with Crippen molar-refractivity contribution < 1.29 is 39.8 Å². The Hall–Kier alpha value is -1.59. The lowest BCUT2D eigenvalue weighted by Crippen LogP contribution is -2.60. The Morgan fingerprint density at radius 2 is 1.19 bits per heavy atom. The fourth-order valence-electron chi connectivity index (χ4n) is 5.75. The molecule has 2 unspecified atom stereocenters. The summed E-state index contributed by atoms with van der Waals surface area (Å²) in [7, 11) is 0. The number of ether oxygens (including phenoxy) is 2.